The molecule has 0 bridgehead atoms. The minimum Gasteiger partial charge on any atom is -0.423 e. The first kappa shape index (κ1) is 24.1. The lowest BCUT2D eigenvalue weighted by Gasteiger charge is -2.27. The molecule has 3 N–H and O–H groups in total. The summed E-state index contributed by atoms with van der Waals surface area (Å²) in [6, 6.07) is 14.5. The second-order valence-electron chi connectivity index (χ2n) is 8.02. The molecule has 0 fully saturated rings. The van der Waals surface area contributed by atoms with Gasteiger partial charge in [0.15, 0.2) is 5.58 Å². The van der Waals surface area contributed by atoms with Crippen molar-refractivity contribution in [2.45, 2.75) is 19.9 Å². The molecule has 1 aromatic heterocycles. The largest absolute Gasteiger partial charge is 0.423 e. The molecule has 9 heteroatoms. The summed E-state index contributed by atoms with van der Waals surface area (Å²) in [6.45, 7) is 8.05. The standard InChI is InChI=1S/C26H27ClN6O2/c1-5-14-33(4)16(2)15-28-24(34)22-17(3)29-25(31-23(22)18-10-6-7-11-19(18)27)32-26-30-20-12-8-9-13-21(20)35-26/h5-14,23H,2,15H2,1,3-4H3,(H,28,34)(H2,29,30,31,32)/b14-5-. The van der Waals surface area contributed by atoms with Crippen molar-refractivity contribution in [3.05, 3.63) is 94.9 Å². The van der Waals surface area contributed by atoms with Crippen LogP contribution in [-0.4, -0.2) is 35.3 Å². The Bertz CT molecular complexity index is 1320. The van der Waals surface area contributed by atoms with Crippen LogP contribution in [0.5, 0.6) is 0 Å². The number of nitrogens with zero attached hydrogens (tertiary/aromatic N) is 3. The number of aliphatic imine (C=N–C) groups is 1. The Morgan fingerprint density at radius 1 is 1.26 bits per heavy atom. The predicted octanol–water partition coefficient (Wildman–Crippen LogP) is 4.96. The van der Waals surface area contributed by atoms with Gasteiger partial charge in [-0.15, -0.1) is 0 Å². The highest BCUT2D eigenvalue weighted by Gasteiger charge is 2.31. The van der Waals surface area contributed by atoms with Crippen LogP contribution in [0, 0.1) is 0 Å². The van der Waals surface area contributed by atoms with Gasteiger partial charge in [0.1, 0.15) is 11.6 Å². The molecule has 1 atom stereocenters. The van der Waals surface area contributed by atoms with Crippen LogP contribution in [0.25, 0.3) is 11.1 Å². The number of amides is 1. The number of carbonyl (C=O) groups is 1. The molecule has 1 unspecified atom stereocenters. The average Bonchev–Trinajstić information content (AvgIpc) is 3.24. The molecule has 1 aliphatic heterocycles. The Morgan fingerprint density at radius 2 is 2.00 bits per heavy atom. The van der Waals surface area contributed by atoms with E-state index in [-0.39, 0.29) is 12.5 Å². The number of guanidine groups is 1. The monoisotopic (exact) mass is 490 g/mol. The summed E-state index contributed by atoms with van der Waals surface area (Å²) in [4.78, 5) is 24.4. The van der Waals surface area contributed by atoms with Crippen molar-refractivity contribution in [1.82, 2.24) is 20.5 Å². The number of para-hydroxylation sites is 2. The van der Waals surface area contributed by atoms with Crippen LogP contribution in [0.3, 0.4) is 0 Å². The van der Waals surface area contributed by atoms with E-state index in [0.717, 1.165) is 11.2 Å². The van der Waals surface area contributed by atoms with E-state index in [4.69, 9.17) is 21.0 Å². The fraction of sp³-hybridized carbons (Fsp3) is 0.192. The number of carbonyl (C=O) groups excluding carboxylic acids is 1. The zero-order valence-electron chi connectivity index (χ0n) is 19.8. The van der Waals surface area contributed by atoms with Gasteiger partial charge in [-0.1, -0.05) is 54.6 Å². The Morgan fingerprint density at radius 3 is 2.74 bits per heavy atom. The molecule has 4 rings (SSSR count). The summed E-state index contributed by atoms with van der Waals surface area (Å²) in [5, 5.41) is 9.70. The quantitative estimate of drug-likeness (QED) is 0.433. The molecule has 3 aromatic rings. The fourth-order valence-electron chi connectivity index (χ4n) is 3.71. The molecule has 0 aliphatic carbocycles. The van der Waals surface area contributed by atoms with Crippen molar-refractivity contribution in [3.63, 3.8) is 0 Å². The number of anilines is 1. The van der Waals surface area contributed by atoms with E-state index in [1.54, 1.807) is 6.07 Å². The maximum atomic E-state index is 13.3. The number of halogens is 1. The first-order valence-electron chi connectivity index (χ1n) is 11.1. The minimum atomic E-state index is -0.640. The predicted molar refractivity (Wildman–Crippen MR) is 140 cm³/mol. The van der Waals surface area contributed by atoms with E-state index >= 15 is 0 Å². The molecular formula is C26H27ClN6O2. The number of allylic oxidation sites excluding steroid dienone is 2. The normalized spacial score (nSPS) is 15.7. The number of aromatic nitrogens is 1. The maximum absolute atomic E-state index is 13.3. The third-order valence-electron chi connectivity index (χ3n) is 5.53. The molecule has 0 radical (unpaired) electrons. The topological polar surface area (TPSA) is 94.8 Å². The second-order valence-corrected chi connectivity index (χ2v) is 8.43. The van der Waals surface area contributed by atoms with Crippen molar-refractivity contribution in [3.8, 4) is 0 Å². The molecule has 0 saturated heterocycles. The van der Waals surface area contributed by atoms with Crippen molar-refractivity contribution >= 4 is 40.6 Å². The summed E-state index contributed by atoms with van der Waals surface area (Å²) in [6.07, 6.45) is 3.78. The SMILES string of the molecule is C=C(CNC(=O)C1=C(C)NC(Nc2nc3ccccc3o2)=NC1c1ccccc1Cl)N(C)/C=C\C. The number of rotatable bonds is 7. The van der Waals surface area contributed by atoms with Crippen molar-refractivity contribution < 1.29 is 9.21 Å². The summed E-state index contributed by atoms with van der Waals surface area (Å²) >= 11 is 6.52. The first-order chi connectivity index (χ1) is 16.9. The molecule has 2 aromatic carbocycles. The van der Waals surface area contributed by atoms with E-state index in [2.05, 4.69) is 27.5 Å². The molecular weight excluding hydrogens is 464 g/mol. The van der Waals surface area contributed by atoms with Gasteiger partial charge in [0.25, 0.3) is 5.91 Å². The van der Waals surface area contributed by atoms with Gasteiger partial charge in [-0.3, -0.25) is 10.1 Å². The van der Waals surface area contributed by atoms with Gasteiger partial charge >= 0.3 is 6.01 Å². The number of hydrogen-bond donors (Lipinski definition) is 3. The highest BCUT2D eigenvalue weighted by atomic mass is 35.5. The highest BCUT2D eigenvalue weighted by Crippen LogP contribution is 2.35. The number of nitrogens with one attached hydrogen (secondary N) is 3. The van der Waals surface area contributed by atoms with Gasteiger partial charge in [0, 0.05) is 29.0 Å². The van der Waals surface area contributed by atoms with E-state index in [1.165, 1.54) is 0 Å². The lowest BCUT2D eigenvalue weighted by molar-refractivity contribution is -0.117. The molecule has 180 valence electrons. The van der Waals surface area contributed by atoms with Gasteiger partial charge < -0.3 is 20.0 Å². The maximum Gasteiger partial charge on any atom is 0.302 e. The van der Waals surface area contributed by atoms with Gasteiger partial charge in [0.05, 0.1) is 12.1 Å². The van der Waals surface area contributed by atoms with E-state index in [1.807, 2.05) is 80.5 Å². The van der Waals surface area contributed by atoms with Gasteiger partial charge in [-0.2, -0.15) is 4.98 Å². The lowest BCUT2D eigenvalue weighted by atomic mass is 9.95. The number of benzene rings is 2. The summed E-state index contributed by atoms with van der Waals surface area (Å²) in [5.41, 5.74) is 3.93. The Balaban J connectivity index is 1.61. The molecule has 0 spiro atoms. The third-order valence-corrected chi connectivity index (χ3v) is 5.87. The molecule has 35 heavy (non-hydrogen) atoms. The van der Waals surface area contributed by atoms with Crippen LogP contribution >= 0.6 is 11.6 Å². The van der Waals surface area contributed by atoms with E-state index in [9.17, 15) is 4.79 Å². The molecule has 2 heterocycles. The van der Waals surface area contributed by atoms with Crippen LogP contribution in [0.15, 0.2) is 93.8 Å². The molecule has 0 saturated carbocycles. The highest BCUT2D eigenvalue weighted by molar-refractivity contribution is 6.31. The van der Waals surface area contributed by atoms with E-state index < -0.39 is 6.04 Å². The first-order valence-corrected chi connectivity index (χ1v) is 11.5. The Labute approximate surface area is 209 Å². The van der Waals surface area contributed by atoms with E-state index in [0.29, 0.717) is 39.4 Å². The zero-order valence-corrected chi connectivity index (χ0v) is 20.6. The van der Waals surface area contributed by atoms with Crippen LogP contribution < -0.4 is 16.0 Å². The Kier molecular flexibility index (Phi) is 7.22. The van der Waals surface area contributed by atoms with Crippen LogP contribution in [-0.2, 0) is 4.79 Å². The number of hydrogen-bond acceptors (Lipinski definition) is 7. The second kappa shape index (κ2) is 10.5. The average molecular weight is 491 g/mol. The zero-order chi connectivity index (χ0) is 24.9. The van der Waals surface area contributed by atoms with Crippen molar-refractivity contribution in [1.29, 1.82) is 0 Å². The van der Waals surface area contributed by atoms with Crippen molar-refractivity contribution in [2.24, 2.45) is 4.99 Å². The van der Waals surface area contributed by atoms with Gasteiger partial charge in [0.2, 0.25) is 5.96 Å². The summed E-state index contributed by atoms with van der Waals surface area (Å²) in [5.74, 6) is 0.132. The lowest BCUT2D eigenvalue weighted by Crippen LogP contribution is -2.40. The molecule has 1 amide bonds. The van der Waals surface area contributed by atoms with Crippen molar-refractivity contribution in [2.75, 3.05) is 18.9 Å². The molecule has 8 nitrogen and oxygen atoms in total. The van der Waals surface area contributed by atoms with Crippen LogP contribution in [0.2, 0.25) is 5.02 Å². The van der Waals surface area contributed by atoms with Crippen LogP contribution in [0.4, 0.5) is 6.01 Å². The number of oxazole rings is 1. The minimum absolute atomic E-state index is 0.264. The summed E-state index contributed by atoms with van der Waals surface area (Å²) < 4.78 is 5.77. The van der Waals surface area contributed by atoms with Gasteiger partial charge in [-0.25, -0.2) is 4.99 Å². The Hall–Kier alpha value is -4.04. The molecule has 1 aliphatic rings. The summed E-state index contributed by atoms with van der Waals surface area (Å²) in [7, 11) is 1.88. The number of likely N-dealkylation sites (N-methyl/N-ethyl adjacent to an activating group) is 1. The van der Waals surface area contributed by atoms with Gasteiger partial charge in [-0.05, 0) is 38.2 Å². The fourth-order valence-corrected chi connectivity index (χ4v) is 3.95. The number of fused-ring (bicyclic) bond motifs is 1. The smallest absolute Gasteiger partial charge is 0.302 e. The van der Waals surface area contributed by atoms with Crippen LogP contribution in [0.1, 0.15) is 25.5 Å². The third kappa shape index (κ3) is 5.38.